The van der Waals surface area contributed by atoms with Gasteiger partial charge in [0.15, 0.2) is 0 Å². The van der Waals surface area contributed by atoms with E-state index in [1.165, 1.54) is 36.0 Å². The molecule has 0 unspecified atom stereocenters. The third kappa shape index (κ3) is 3.22. The van der Waals surface area contributed by atoms with Gasteiger partial charge in [-0.25, -0.2) is 0 Å². The van der Waals surface area contributed by atoms with Gasteiger partial charge < -0.3 is 0 Å². The molecule has 0 heteroatoms. The van der Waals surface area contributed by atoms with E-state index in [2.05, 4.69) is 39.0 Å². The third-order valence-corrected chi connectivity index (χ3v) is 2.54. The first-order chi connectivity index (χ1) is 6.24. The van der Waals surface area contributed by atoms with Crippen molar-refractivity contribution in [3.63, 3.8) is 0 Å². The SMILES string of the molecule is [CH2]CCCCc1ccc(C)c(C)c1. The Hall–Kier alpha value is -0.780. The Kier molecular flexibility index (Phi) is 4.01. The molecule has 0 nitrogen and oxygen atoms in total. The van der Waals surface area contributed by atoms with Crippen LogP contribution >= 0.6 is 0 Å². The summed E-state index contributed by atoms with van der Waals surface area (Å²) in [4.78, 5) is 0. The maximum atomic E-state index is 3.85. The molecule has 0 aliphatic rings. The zero-order chi connectivity index (χ0) is 9.68. The molecule has 1 aromatic carbocycles. The fourth-order valence-corrected chi connectivity index (χ4v) is 1.46. The molecule has 0 atom stereocenters. The molecule has 71 valence electrons. The molecule has 1 rings (SSSR count). The predicted molar refractivity (Wildman–Crippen MR) is 58.8 cm³/mol. The van der Waals surface area contributed by atoms with Crippen LogP contribution in [0.15, 0.2) is 18.2 Å². The third-order valence-electron chi connectivity index (χ3n) is 2.54. The molecule has 0 fully saturated rings. The van der Waals surface area contributed by atoms with Crippen molar-refractivity contribution < 1.29 is 0 Å². The second-order valence-corrected chi connectivity index (χ2v) is 3.73. The molecule has 0 saturated carbocycles. The minimum atomic E-state index is 1.06. The highest BCUT2D eigenvalue weighted by atomic mass is 14.0. The van der Waals surface area contributed by atoms with E-state index >= 15 is 0 Å². The van der Waals surface area contributed by atoms with Crippen LogP contribution in [0.3, 0.4) is 0 Å². The lowest BCUT2D eigenvalue weighted by atomic mass is 10.0. The second kappa shape index (κ2) is 5.06. The molecular formula is C13H19. The monoisotopic (exact) mass is 175 g/mol. The first kappa shape index (κ1) is 10.3. The van der Waals surface area contributed by atoms with Gasteiger partial charge in [-0.3, -0.25) is 0 Å². The van der Waals surface area contributed by atoms with Crippen LogP contribution in [0.5, 0.6) is 0 Å². The first-order valence-corrected chi connectivity index (χ1v) is 5.09. The number of benzene rings is 1. The van der Waals surface area contributed by atoms with E-state index in [9.17, 15) is 0 Å². The van der Waals surface area contributed by atoms with E-state index < -0.39 is 0 Å². The molecule has 0 saturated heterocycles. The average Bonchev–Trinajstić information content (AvgIpc) is 2.12. The lowest BCUT2D eigenvalue weighted by molar-refractivity contribution is 0.745. The zero-order valence-corrected chi connectivity index (χ0v) is 8.77. The normalized spacial score (nSPS) is 10.4. The van der Waals surface area contributed by atoms with Crippen LogP contribution in [0, 0.1) is 20.8 Å². The Morgan fingerprint density at radius 2 is 1.85 bits per heavy atom. The number of aryl methyl sites for hydroxylation is 3. The van der Waals surface area contributed by atoms with Gasteiger partial charge in [0, 0.05) is 0 Å². The molecule has 0 spiro atoms. The summed E-state index contributed by atoms with van der Waals surface area (Å²) >= 11 is 0. The van der Waals surface area contributed by atoms with E-state index in [0.29, 0.717) is 0 Å². The maximum Gasteiger partial charge on any atom is -0.0279 e. The summed E-state index contributed by atoms with van der Waals surface area (Å²) in [7, 11) is 0. The van der Waals surface area contributed by atoms with Crippen LogP contribution in [-0.2, 0) is 6.42 Å². The highest BCUT2D eigenvalue weighted by Crippen LogP contribution is 2.12. The van der Waals surface area contributed by atoms with Gasteiger partial charge in [0.05, 0.1) is 0 Å². The predicted octanol–water partition coefficient (Wildman–Crippen LogP) is 3.85. The van der Waals surface area contributed by atoms with Crippen molar-refractivity contribution in [3.05, 3.63) is 41.8 Å². The maximum absolute atomic E-state index is 3.85. The van der Waals surface area contributed by atoms with Crippen molar-refractivity contribution >= 4 is 0 Å². The van der Waals surface area contributed by atoms with Gasteiger partial charge in [-0.1, -0.05) is 38.0 Å². The fraction of sp³-hybridized carbons (Fsp3) is 0.462. The van der Waals surface area contributed by atoms with Crippen LogP contribution < -0.4 is 0 Å². The Morgan fingerprint density at radius 1 is 1.08 bits per heavy atom. The summed E-state index contributed by atoms with van der Waals surface area (Å²) in [5.74, 6) is 0. The lowest BCUT2D eigenvalue weighted by Crippen LogP contribution is -1.88. The van der Waals surface area contributed by atoms with Gasteiger partial charge in [-0.05, 0) is 43.4 Å². The van der Waals surface area contributed by atoms with E-state index in [1.54, 1.807) is 0 Å². The summed E-state index contributed by atoms with van der Waals surface area (Å²) in [5.41, 5.74) is 4.27. The molecule has 1 aromatic rings. The second-order valence-electron chi connectivity index (χ2n) is 3.73. The quantitative estimate of drug-likeness (QED) is 0.610. The number of hydrogen-bond donors (Lipinski definition) is 0. The van der Waals surface area contributed by atoms with Gasteiger partial charge in [-0.2, -0.15) is 0 Å². The molecule has 0 bridgehead atoms. The van der Waals surface area contributed by atoms with Crippen molar-refractivity contribution in [1.82, 2.24) is 0 Å². The molecular weight excluding hydrogens is 156 g/mol. The molecule has 0 aliphatic heterocycles. The van der Waals surface area contributed by atoms with E-state index in [-0.39, 0.29) is 0 Å². The summed E-state index contributed by atoms with van der Waals surface area (Å²) in [6.45, 7) is 8.19. The Bertz CT molecular complexity index is 261. The molecule has 0 amide bonds. The molecule has 0 aromatic heterocycles. The topological polar surface area (TPSA) is 0 Å². The van der Waals surface area contributed by atoms with Gasteiger partial charge in [0.1, 0.15) is 0 Å². The van der Waals surface area contributed by atoms with Crippen molar-refractivity contribution in [3.8, 4) is 0 Å². The van der Waals surface area contributed by atoms with Crippen LogP contribution in [0.4, 0.5) is 0 Å². The van der Waals surface area contributed by atoms with E-state index in [4.69, 9.17) is 0 Å². The summed E-state index contributed by atoms with van der Waals surface area (Å²) in [6.07, 6.45) is 4.78. The van der Waals surface area contributed by atoms with Crippen molar-refractivity contribution in [2.24, 2.45) is 0 Å². The van der Waals surface area contributed by atoms with E-state index in [0.717, 1.165) is 6.42 Å². The van der Waals surface area contributed by atoms with Gasteiger partial charge in [-0.15, -0.1) is 0 Å². The highest BCUT2D eigenvalue weighted by molar-refractivity contribution is 5.29. The zero-order valence-electron chi connectivity index (χ0n) is 8.77. The van der Waals surface area contributed by atoms with Crippen LogP contribution in [-0.4, -0.2) is 0 Å². The first-order valence-electron chi connectivity index (χ1n) is 5.09. The highest BCUT2D eigenvalue weighted by Gasteiger charge is 1.95. The van der Waals surface area contributed by atoms with Crippen LogP contribution in [0.1, 0.15) is 36.0 Å². The number of unbranched alkanes of at least 4 members (excludes halogenated alkanes) is 2. The molecule has 13 heavy (non-hydrogen) atoms. The Balaban J connectivity index is 2.53. The average molecular weight is 175 g/mol. The largest absolute Gasteiger partial charge is 0.0588 e. The van der Waals surface area contributed by atoms with Crippen LogP contribution in [0.25, 0.3) is 0 Å². The minimum absolute atomic E-state index is 1.06. The minimum Gasteiger partial charge on any atom is -0.0588 e. The fourth-order valence-electron chi connectivity index (χ4n) is 1.46. The Labute approximate surface area is 82.0 Å². The summed E-state index contributed by atoms with van der Waals surface area (Å²) < 4.78 is 0. The van der Waals surface area contributed by atoms with E-state index in [1.807, 2.05) is 0 Å². The number of rotatable bonds is 4. The summed E-state index contributed by atoms with van der Waals surface area (Å²) in [5, 5.41) is 0. The van der Waals surface area contributed by atoms with Gasteiger partial charge >= 0.3 is 0 Å². The van der Waals surface area contributed by atoms with Crippen molar-refractivity contribution in [2.75, 3.05) is 0 Å². The van der Waals surface area contributed by atoms with Gasteiger partial charge in [0.25, 0.3) is 0 Å². The van der Waals surface area contributed by atoms with Gasteiger partial charge in [0.2, 0.25) is 0 Å². The lowest BCUT2D eigenvalue weighted by Gasteiger charge is -2.04. The molecule has 0 aliphatic carbocycles. The number of hydrogen-bond acceptors (Lipinski definition) is 0. The van der Waals surface area contributed by atoms with Crippen molar-refractivity contribution in [2.45, 2.75) is 39.5 Å². The molecule has 1 radical (unpaired) electrons. The van der Waals surface area contributed by atoms with Crippen molar-refractivity contribution in [1.29, 1.82) is 0 Å². The van der Waals surface area contributed by atoms with Crippen LogP contribution in [0.2, 0.25) is 0 Å². The Morgan fingerprint density at radius 3 is 2.46 bits per heavy atom. The smallest absolute Gasteiger partial charge is 0.0279 e. The molecule has 0 heterocycles. The summed E-state index contributed by atoms with van der Waals surface area (Å²) in [6, 6.07) is 6.76. The molecule has 0 N–H and O–H groups in total. The standard InChI is InChI=1S/C13H19/c1-4-5-6-7-13-9-8-11(2)12(3)10-13/h8-10H,1,4-7H2,2-3H3.